The van der Waals surface area contributed by atoms with Crippen LogP contribution in [0.15, 0.2) is 0 Å². The maximum atomic E-state index is 10.0. The molecule has 0 aromatic carbocycles. The summed E-state index contributed by atoms with van der Waals surface area (Å²) in [6.45, 7) is 11.7. The average Bonchev–Trinajstić information content (AvgIpc) is 2.95. The first kappa shape index (κ1) is 25.5. The Balaban J connectivity index is 0.000000447. The van der Waals surface area contributed by atoms with Crippen LogP contribution in [0.2, 0.25) is 0 Å². The highest BCUT2D eigenvalue weighted by atomic mass is 32.1. The molecule has 0 saturated carbocycles. The molecule has 6 N–H and O–H groups in total. The van der Waals surface area contributed by atoms with E-state index in [1.807, 2.05) is 0 Å². The minimum Gasteiger partial charge on any atom is -0.481 e. The number of aliphatic carboxylic acids is 1. The number of rotatable bonds is 9. The van der Waals surface area contributed by atoms with Crippen molar-refractivity contribution in [3.8, 4) is 5.88 Å². The first-order valence-corrected chi connectivity index (χ1v) is 10.7. The quantitative estimate of drug-likeness (QED) is 0.407. The van der Waals surface area contributed by atoms with Crippen molar-refractivity contribution in [1.29, 1.82) is 0 Å². The van der Waals surface area contributed by atoms with Gasteiger partial charge in [-0.1, -0.05) is 0 Å². The molecule has 1 aliphatic rings. The van der Waals surface area contributed by atoms with E-state index >= 15 is 0 Å². The van der Waals surface area contributed by atoms with E-state index in [0.29, 0.717) is 12.5 Å². The van der Waals surface area contributed by atoms with Gasteiger partial charge in [-0.25, -0.2) is 0 Å². The molecule has 0 bridgehead atoms. The third-order valence-corrected chi connectivity index (χ3v) is 4.60. The standard InChI is InChI=1S/C14H26N4O2S.C4H10N2O2/c1-14(2,3)15-6-4-10-20-13-12(16-21-17-13)18-7-5-9-19-11-8-18;5-1-3(2-6)4(7)8/h15H,4-11H2,1-3H3;3H,1-2,5-6H2,(H,7,8). The molecule has 0 unspecified atom stereocenters. The topological polar surface area (TPSA) is 149 Å². The summed E-state index contributed by atoms with van der Waals surface area (Å²) in [5, 5.41) is 11.7. The number of carboxylic acid groups (broad SMARTS) is 1. The molecule has 0 radical (unpaired) electrons. The molecule has 0 amide bonds. The van der Waals surface area contributed by atoms with E-state index in [9.17, 15) is 4.79 Å². The summed E-state index contributed by atoms with van der Waals surface area (Å²) in [6, 6.07) is 0. The van der Waals surface area contributed by atoms with E-state index < -0.39 is 11.9 Å². The number of aromatic nitrogens is 2. The fourth-order valence-corrected chi connectivity index (χ4v) is 2.94. The molecule has 10 nitrogen and oxygen atoms in total. The lowest BCUT2D eigenvalue weighted by molar-refractivity contribution is -0.140. The van der Waals surface area contributed by atoms with Gasteiger partial charge in [-0.05, 0) is 40.2 Å². The maximum absolute atomic E-state index is 10.0. The smallest absolute Gasteiger partial charge is 0.309 e. The molecule has 0 atom stereocenters. The number of carboxylic acids is 1. The molecule has 2 heterocycles. The van der Waals surface area contributed by atoms with Crippen LogP contribution in [-0.2, 0) is 9.53 Å². The highest BCUT2D eigenvalue weighted by Crippen LogP contribution is 2.26. The van der Waals surface area contributed by atoms with Crippen molar-refractivity contribution >= 4 is 23.5 Å². The van der Waals surface area contributed by atoms with E-state index in [-0.39, 0.29) is 18.6 Å². The van der Waals surface area contributed by atoms with Crippen LogP contribution in [0.4, 0.5) is 5.82 Å². The second-order valence-electron chi connectivity index (χ2n) is 7.73. The number of nitrogens with zero attached hydrogens (tertiary/aromatic N) is 3. The normalized spacial score (nSPS) is 14.9. The Bertz CT molecular complexity index is 569. The van der Waals surface area contributed by atoms with E-state index in [0.717, 1.165) is 51.5 Å². The average molecular weight is 433 g/mol. The maximum Gasteiger partial charge on any atom is 0.309 e. The van der Waals surface area contributed by atoms with Crippen LogP contribution in [0.3, 0.4) is 0 Å². The lowest BCUT2D eigenvalue weighted by Gasteiger charge is -2.21. The van der Waals surface area contributed by atoms with Crippen LogP contribution in [0.5, 0.6) is 5.88 Å². The van der Waals surface area contributed by atoms with Gasteiger partial charge in [0.2, 0.25) is 5.82 Å². The summed E-state index contributed by atoms with van der Waals surface area (Å²) < 4.78 is 19.9. The molecule has 1 aromatic heterocycles. The van der Waals surface area contributed by atoms with Gasteiger partial charge in [-0.3, -0.25) is 4.79 Å². The Morgan fingerprint density at radius 1 is 1.31 bits per heavy atom. The fourth-order valence-electron chi connectivity index (χ4n) is 2.42. The zero-order chi connectivity index (χ0) is 21.7. The van der Waals surface area contributed by atoms with Gasteiger partial charge in [0.05, 0.1) is 30.9 Å². The predicted octanol–water partition coefficient (Wildman–Crippen LogP) is 0.526. The van der Waals surface area contributed by atoms with Gasteiger partial charge in [0.25, 0.3) is 5.88 Å². The Morgan fingerprint density at radius 2 is 2.03 bits per heavy atom. The van der Waals surface area contributed by atoms with Crippen LogP contribution in [0.1, 0.15) is 33.6 Å². The summed E-state index contributed by atoms with van der Waals surface area (Å²) in [5.41, 5.74) is 10.2. The van der Waals surface area contributed by atoms with Crippen molar-refractivity contribution in [1.82, 2.24) is 14.1 Å². The van der Waals surface area contributed by atoms with Gasteiger partial charge < -0.3 is 36.3 Å². The summed E-state index contributed by atoms with van der Waals surface area (Å²) >= 11 is 1.21. The van der Waals surface area contributed by atoms with Gasteiger partial charge in [-0.2, -0.15) is 4.37 Å². The molecule has 2 rings (SSSR count). The van der Waals surface area contributed by atoms with E-state index in [4.69, 9.17) is 26.0 Å². The number of hydrogen-bond acceptors (Lipinski definition) is 10. The molecule has 1 aromatic rings. The van der Waals surface area contributed by atoms with Crippen molar-refractivity contribution in [3.05, 3.63) is 0 Å². The number of ether oxygens (including phenoxy) is 2. The molecule has 168 valence electrons. The van der Waals surface area contributed by atoms with Gasteiger partial charge in [0, 0.05) is 38.3 Å². The van der Waals surface area contributed by atoms with Crippen LogP contribution in [0, 0.1) is 5.92 Å². The predicted molar refractivity (Wildman–Crippen MR) is 115 cm³/mol. The first-order valence-electron chi connectivity index (χ1n) is 9.94. The Morgan fingerprint density at radius 3 is 2.62 bits per heavy atom. The van der Waals surface area contributed by atoms with E-state index in [1.165, 1.54) is 11.7 Å². The fraction of sp³-hybridized carbons (Fsp3) is 0.833. The van der Waals surface area contributed by atoms with Crippen LogP contribution in [0.25, 0.3) is 0 Å². The van der Waals surface area contributed by atoms with Crippen molar-refractivity contribution in [3.63, 3.8) is 0 Å². The highest BCUT2D eigenvalue weighted by molar-refractivity contribution is 6.99. The zero-order valence-corrected chi connectivity index (χ0v) is 18.5. The minimum absolute atomic E-state index is 0.117. The third kappa shape index (κ3) is 10.7. The molecular weight excluding hydrogens is 396 g/mol. The van der Waals surface area contributed by atoms with Crippen molar-refractivity contribution < 1.29 is 19.4 Å². The van der Waals surface area contributed by atoms with Gasteiger partial charge in [-0.15, -0.1) is 4.37 Å². The monoisotopic (exact) mass is 432 g/mol. The minimum atomic E-state index is -0.921. The number of anilines is 1. The first-order chi connectivity index (χ1) is 13.8. The number of nitrogens with one attached hydrogen (secondary N) is 1. The van der Waals surface area contributed by atoms with Crippen molar-refractivity contribution in [2.24, 2.45) is 17.4 Å². The molecule has 29 heavy (non-hydrogen) atoms. The largest absolute Gasteiger partial charge is 0.481 e. The molecule has 1 saturated heterocycles. The molecule has 0 aliphatic carbocycles. The summed E-state index contributed by atoms with van der Waals surface area (Å²) in [4.78, 5) is 12.2. The number of nitrogens with two attached hydrogens (primary N) is 2. The van der Waals surface area contributed by atoms with E-state index in [1.54, 1.807) is 0 Å². The van der Waals surface area contributed by atoms with Crippen molar-refractivity contribution in [2.75, 3.05) is 57.4 Å². The zero-order valence-electron chi connectivity index (χ0n) is 17.7. The van der Waals surface area contributed by atoms with E-state index in [2.05, 4.69) is 39.7 Å². The van der Waals surface area contributed by atoms with Gasteiger partial charge in [0.15, 0.2) is 0 Å². The molecule has 1 fully saturated rings. The van der Waals surface area contributed by atoms with Gasteiger partial charge in [0.1, 0.15) is 0 Å². The van der Waals surface area contributed by atoms with Crippen LogP contribution in [-0.4, -0.2) is 77.9 Å². The third-order valence-electron chi connectivity index (χ3n) is 4.10. The lowest BCUT2D eigenvalue weighted by Crippen LogP contribution is -2.36. The summed E-state index contributed by atoms with van der Waals surface area (Å²) in [5.74, 6) is 0.0388. The Labute approximate surface area is 177 Å². The highest BCUT2D eigenvalue weighted by Gasteiger charge is 2.19. The molecule has 11 heteroatoms. The number of carbonyl (C=O) groups is 1. The molecule has 1 aliphatic heterocycles. The lowest BCUT2D eigenvalue weighted by atomic mass is 10.1. The molecule has 0 spiro atoms. The van der Waals surface area contributed by atoms with Crippen LogP contribution >= 0.6 is 11.7 Å². The SMILES string of the molecule is CC(C)(C)NCCCOc1nsnc1N1CCCOCC1.NCC(CN)C(=O)O. The Hall–Kier alpha value is -1.53. The summed E-state index contributed by atoms with van der Waals surface area (Å²) in [7, 11) is 0. The van der Waals surface area contributed by atoms with Gasteiger partial charge >= 0.3 is 5.97 Å². The summed E-state index contributed by atoms with van der Waals surface area (Å²) in [6.07, 6.45) is 1.98. The molecular formula is C18H36N6O4S. The van der Waals surface area contributed by atoms with Crippen molar-refractivity contribution in [2.45, 2.75) is 39.2 Å². The second kappa shape index (κ2) is 13.6. The van der Waals surface area contributed by atoms with Crippen LogP contribution < -0.4 is 26.4 Å². The Kier molecular flexibility index (Phi) is 12.0. The number of hydrogen-bond donors (Lipinski definition) is 4. The second-order valence-corrected chi connectivity index (χ2v) is 8.26.